The number of benzene rings is 1. The first-order valence-corrected chi connectivity index (χ1v) is 9.03. The lowest BCUT2D eigenvalue weighted by Crippen LogP contribution is -2.47. The Morgan fingerprint density at radius 1 is 1.29 bits per heavy atom. The Labute approximate surface area is 165 Å². The summed E-state index contributed by atoms with van der Waals surface area (Å²) >= 11 is 3.53. The highest BCUT2D eigenvalue weighted by Crippen LogP contribution is 2.25. The van der Waals surface area contributed by atoms with Gasteiger partial charge in [0, 0.05) is 29.8 Å². The maximum Gasteiger partial charge on any atom is 0.237 e. The first kappa shape index (κ1) is 21.6. The van der Waals surface area contributed by atoms with E-state index in [0.29, 0.717) is 5.92 Å². The summed E-state index contributed by atoms with van der Waals surface area (Å²) in [6, 6.07) is 8.46. The van der Waals surface area contributed by atoms with Crippen molar-refractivity contribution in [1.82, 2.24) is 10.6 Å². The molecule has 2 heterocycles. The standard InChI is InChI=1S/C17H24BrN3O.2ClH/c18-14-4-3-5-15(10-14)21-9-7-13(12-21)11-20-17(22)16-6-1-2-8-19-16;;/h3-5,10,13,16,19H,1-2,6-9,11-12H2,(H,20,22);2*1H/t13?,16-;;/m1../s1. The van der Waals surface area contributed by atoms with E-state index in [1.54, 1.807) is 0 Å². The molecule has 1 aromatic carbocycles. The van der Waals surface area contributed by atoms with Gasteiger partial charge < -0.3 is 15.5 Å². The number of nitrogens with zero attached hydrogens (tertiary/aromatic N) is 1. The molecule has 1 amide bonds. The fourth-order valence-electron chi connectivity index (χ4n) is 3.35. The second kappa shape index (κ2) is 10.5. The molecule has 0 aromatic heterocycles. The van der Waals surface area contributed by atoms with E-state index in [1.165, 1.54) is 12.1 Å². The normalized spacial score (nSPS) is 23.1. The molecule has 0 bridgehead atoms. The zero-order valence-electron chi connectivity index (χ0n) is 13.7. The van der Waals surface area contributed by atoms with Crippen LogP contribution in [-0.4, -0.2) is 38.1 Å². The number of piperidine rings is 1. The van der Waals surface area contributed by atoms with Crippen LogP contribution in [0.2, 0.25) is 0 Å². The Hall–Kier alpha value is -0.490. The van der Waals surface area contributed by atoms with Crippen molar-refractivity contribution in [3.63, 3.8) is 0 Å². The number of carbonyl (C=O) groups excluding carboxylic acids is 1. The zero-order valence-corrected chi connectivity index (χ0v) is 16.9. The van der Waals surface area contributed by atoms with Crippen molar-refractivity contribution in [2.75, 3.05) is 31.1 Å². The molecule has 0 spiro atoms. The molecule has 2 saturated heterocycles. The number of amides is 1. The van der Waals surface area contributed by atoms with Crippen molar-refractivity contribution in [1.29, 1.82) is 0 Å². The van der Waals surface area contributed by atoms with Gasteiger partial charge in [0.05, 0.1) is 6.04 Å². The van der Waals surface area contributed by atoms with Crippen LogP contribution in [0.3, 0.4) is 0 Å². The van der Waals surface area contributed by atoms with Crippen LogP contribution in [0, 0.1) is 5.92 Å². The summed E-state index contributed by atoms with van der Waals surface area (Å²) in [7, 11) is 0. The van der Waals surface area contributed by atoms with E-state index in [0.717, 1.165) is 49.9 Å². The van der Waals surface area contributed by atoms with E-state index in [1.807, 2.05) is 0 Å². The van der Waals surface area contributed by atoms with Gasteiger partial charge in [-0.2, -0.15) is 0 Å². The van der Waals surface area contributed by atoms with Crippen molar-refractivity contribution < 1.29 is 4.79 Å². The molecule has 2 atom stereocenters. The fourth-order valence-corrected chi connectivity index (χ4v) is 3.74. The molecular formula is C17H26BrCl2N3O. The molecule has 2 aliphatic heterocycles. The molecule has 7 heteroatoms. The molecule has 2 fully saturated rings. The Balaban J connectivity index is 0.00000144. The molecule has 2 aliphatic rings. The van der Waals surface area contributed by atoms with E-state index in [9.17, 15) is 4.79 Å². The van der Waals surface area contributed by atoms with Crippen molar-refractivity contribution in [3.05, 3.63) is 28.7 Å². The average molecular weight is 439 g/mol. The minimum absolute atomic E-state index is 0. The van der Waals surface area contributed by atoms with E-state index >= 15 is 0 Å². The van der Waals surface area contributed by atoms with Gasteiger partial charge in [-0.3, -0.25) is 4.79 Å². The highest BCUT2D eigenvalue weighted by molar-refractivity contribution is 9.10. The van der Waals surface area contributed by atoms with Gasteiger partial charge in [-0.15, -0.1) is 24.8 Å². The quantitative estimate of drug-likeness (QED) is 0.757. The Morgan fingerprint density at radius 2 is 2.12 bits per heavy atom. The Kier molecular flexibility index (Phi) is 9.42. The van der Waals surface area contributed by atoms with Crippen LogP contribution < -0.4 is 15.5 Å². The van der Waals surface area contributed by atoms with Gasteiger partial charge in [-0.25, -0.2) is 0 Å². The summed E-state index contributed by atoms with van der Waals surface area (Å²) in [5.74, 6) is 0.729. The fraction of sp³-hybridized carbons (Fsp3) is 0.588. The zero-order chi connectivity index (χ0) is 15.4. The van der Waals surface area contributed by atoms with Gasteiger partial charge in [-0.1, -0.05) is 28.4 Å². The SMILES string of the molecule is Cl.Cl.O=C(NCC1CCN(c2cccc(Br)c2)C1)[C@H]1CCCCN1. The number of hydrogen-bond acceptors (Lipinski definition) is 3. The summed E-state index contributed by atoms with van der Waals surface area (Å²) < 4.78 is 1.12. The highest BCUT2D eigenvalue weighted by atomic mass is 79.9. The van der Waals surface area contributed by atoms with Crippen LogP contribution in [0.25, 0.3) is 0 Å². The third-order valence-corrected chi connectivity index (χ3v) is 5.14. The molecule has 3 rings (SSSR count). The van der Waals surface area contributed by atoms with Crippen LogP contribution in [0.5, 0.6) is 0 Å². The van der Waals surface area contributed by atoms with Crippen molar-refractivity contribution in [2.24, 2.45) is 5.92 Å². The third kappa shape index (κ3) is 5.80. The molecular weight excluding hydrogens is 413 g/mol. The van der Waals surface area contributed by atoms with Gasteiger partial charge in [0.15, 0.2) is 0 Å². The predicted octanol–water partition coefficient (Wildman–Crippen LogP) is 3.38. The number of hydrogen-bond donors (Lipinski definition) is 2. The Morgan fingerprint density at radius 3 is 2.83 bits per heavy atom. The minimum atomic E-state index is 0. The number of anilines is 1. The topological polar surface area (TPSA) is 44.4 Å². The average Bonchev–Trinajstić information content (AvgIpc) is 3.02. The van der Waals surface area contributed by atoms with E-state index in [2.05, 4.69) is 55.7 Å². The minimum Gasteiger partial charge on any atom is -0.371 e. The van der Waals surface area contributed by atoms with Gasteiger partial charge in [-0.05, 0) is 49.9 Å². The van der Waals surface area contributed by atoms with Crippen LogP contribution >= 0.6 is 40.7 Å². The molecule has 24 heavy (non-hydrogen) atoms. The summed E-state index contributed by atoms with van der Waals surface area (Å²) in [6.45, 7) is 3.85. The lowest BCUT2D eigenvalue weighted by Gasteiger charge is -2.23. The third-order valence-electron chi connectivity index (χ3n) is 4.65. The largest absolute Gasteiger partial charge is 0.371 e. The molecule has 0 radical (unpaired) electrons. The summed E-state index contributed by atoms with van der Waals surface area (Å²) in [6.07, 6.45) is 4.46. The highest BCUT2D eigenvalue weighted by Gasteiger charge is 2.25. The lowest BCUT2D eigenvalue weighted by molar-refractivity contribution is -0.123. The maximum absolute atomic E-state index is 12.2. The summed E-state index contributed by atoms with van der Waals surface area (Å²) in [4.78, 5) is 14.6. The smallest absolute Gasteiger partial charge is 0.237 e. The first-order valence-electron chi connectivity index (χ1n) is 8.24. The second-order valence-corrected chi connectivity index (χ2v) is 7.24. The molecule has 1 aromatic rings. The Bertz CT molecular complexity index is 526. The number of carbonyl (C=O) groups is 1. The van der Waals surface area contributed by atoms with Gasteiger partial charge in [0.2, 0.25) is 5.91 Å². The number of rotatable bonds is 4. The van der Waals surface area contributed by atoms with Gasteiger partial charge in [0.25, 0.3) is 0 Å². The monoisotopic (exact) mass is 437 g/mol. The molecule has 1 unspecified atom stereocenters. The molecule has 136 valence electrons. The summed E-state index contributed by atoms with van der Waals surface area (Å²) in [5.41, 5.74) is 1.26. The van der Waals surface area contributed by atoms with Crippen LogP contribution in [0.4, 0.5) is 5.69 Å². The van der Waals surface area contributed by atoms with Crippen molar-refractivity contribution in [2.45, 2.75) is 31.7 Å². The second-order valence-electron chi connectivity index (χ2n) is 6.33. The summed E-state index contributed by atoms with van der Waals surface area (Å²) in [5, 5.41) is 6.45. The van der Waals surface area contributed by atoms with Crippen molar-refractivity contribution >= 4 is 52.3 Å². The number of nitrogens with one attached hydrogen (secondary N) is 2. The molecule has 0 saturated carbocycles. The lowest BCUT2D eigenvalue weighted by atomic mass is 10.0. The van der Waals surface area contributed by atoms with Crippen LogP contribution in [0.15, 0.2) is 28.7 Å². The van der Waals surface area contributed by atoms with E-state index < -0.39 is 0 Å². The van der Waals surface area contributed by atoms with E-state index in [-0.39, 0.29) is 36.8 Å². The van der Waals surface area contributed by atoms with Gasteiger partial charge >= 0.3 is 0 Å². The van der Waals surface area contributed by atoms with Gasteiger partial charge in [0.1, 0.15) is 0 Å². The maximum atomic E-state index is 12.2. The van der Waals surface area contributed by atoms with Crippen molar-refractivity contribution in [3.8, 4) is 0 Å². The molecule has 4 nitrogen and oxygen atoms in total. The predicted molar refractivity (Wildman–Crippen MR) is 108 cm³/mol. The first-order chi connectivity index (χ1) is 10.7. The van der Waals surface area contributed by atoms with E-state index in [4.69, 9.17) is 0 Å². The molecule has 0 aliphatic carbocycles. The van der Waals surface area contributed by atoms with Crippen LogP contribution in [0.1, 0.15) is 25.7 Å². The van der Waals surface area contributed by atoms with Crippen LogP contribution in [-0.2, 0) is 4.79 Å². The molecule has 2 N–H and O–H groups in total. The number of halogens is 3.